The molecule has 15 nitrogen and oxygen atoms in total. The maximum Gasteiger partial charge on any atom is 0.326 e. The summed E-state index contributed by atoms with van der Waals surface area (Å²) < 4.78 is 0. The van der Waals surface area contributed by atoms with Gasteiger partial charge in [-0.25, -0.2) is 4.79 Å². The second-order valence-electron chi connectivity index (χ2n) is 8.81. The van der Waals surface area contributed by atoms with Gasteiger partial charge < -0.3 is 47.8 Å². The number of hydrogen-bond donors (Lipinski definition) is 9. The molecule has 4 atom stereocenters. The SMILES string of the molecule is NCCCCC(NC(=O)C(N)CC(=O)O)C(=O)NC(CCC(=O)O)C(=O)NC(Cc1ccc(O)cc1)C(=O)O. The molecule has 0 saturated carbocycles. The van der Waals surface area contributed by atoms with E-state index in [1.165, 1.54) is 24.3 Å². The first-order chi connectivity index (χ1) is 18.3. The van der Waals surface area contributed by atoms with Crippen molar-refractivity contribution in [2.45, 2.75) is 69.1 Å². The number of hydrogen-bond acceptors (Lipinski definition) is 9. The molecule has 0 spiro atoms. The first-order valence-corrected chi connectivity index (χ1v) is 12.1. The minimum absolute atomic E-state index is 0.0388. The lowest BCUT2D eigenvalue weighted by Crippen LogP contribution is -2.57. The van der Waals surface area contributed by atoms with Gasteiger partial charge in [0.25, 0.3) is 0 Å². The van der Waals surface area contributed by atoms with Crippen LogP contribution in [0.15, 0.2) is 24.3 Å². The van der Waals surface area contributed by atoms with Crippen LogP contribution in [0.25, 0.3) is 0 Å². The highest BCUT2D eigenvalue weighted by molar-refractivity contribution is 5.94. The van der Waals surface area contributed by atoms with Crippen molar-refractivity contribution < 1.29 is 49.2 Å². The third kappa shape index (κ3) is 12.7. The van der Waals surface area contributed by atoms with Crippen molar-refractivity contribution in [2.75, 3.05) is 6.54 Å². The summed E-state index contributed by atoms with van der Waals surface area (Å²) in [5.41, 5.74) is 11.5. The van der Waals surface area contributed by atoms with E-state index in [1.54, 1.807) is 0 Å². The predicted molar refractivity (Wildman–Crippen MR) is 135 cm³/mol. The molecule has 0 heterocycles. The molecule has 0 radical (unpaired) electrons. The quantitative estimate of drug-likeness (QED) is 0.0917. The Labute approximate surface area is 223 Å². The van der Waals surface area contributed by atoms with Gasteiger partial charge in [0, 0.05) is 12.8 Å². The number of carbonyl (C=O) groups excluding carboxylic acids is 3. The van der Waals surface area contributed by atoms with E-state index in [2.05, 4.69) is 16.0 Å². The van der Waals surface area contributed by atoms with Crippen LogP contribution in [0.1, 0.15) is 44.1 Å². The fourth-order valence-corrected chi connectivity index (χ4v) is 3.47. The average Bonchev–Trinajstić information content (AvgIpc) is 2.85. The molecule has 0 aliphatic rings. The largest absolute Gasteiger partial charge is 0.508 e. The predicted octanol–water partition coefficient (Wildman–Crippen LogP) is -1.73. The number of phenolic OH excluding ortho intramolecular Hbond substituents is 1. The van der Waals surface area contributed by atoms with Crippen LogP contribution < -0.4 is 27.4 Å². The fraction of sp³-hybridized carbons (Fsp3) is 0.500. The van der Waals surface area contributed by atoms with Crippen LogP contribution in [0.2, 0.25) is 0 Å². The van der Waals surface area contributed by atoms with Crippen molar-refractivity contribution in [1.82, 2.24) is 16.0 Å². The number of aliphatic carboxylic acids is 3. The molecule has 0 saturated heterocycles. The van der Waals surface area contributed by atoms with E-state index in [1.807, 2.05) is 0 Å². The molecule has 0 aromatic heterocycles. The summed E-state index contributed by atoms with van der Waals surface area (Å²) in [7, 11) is 0. The molecule has 0 bridgehead atoms. The summed E-state index contributed by atoms with van der Waals surface area (Å²) in [6.07, 6.45) is -0.864. The van der Waals surface area contributed by atoms with E-state index in [-0.39, 0.29) is 25.0 Å². The number of carbonyl (C=O) groups is 6. The van der Waals surface area contributed by atoms with Gasteiger partial charge in [0.1, 0.15) is 23.9 Å². The van der Waals surface area contributed by atoms with Gasteiger partial charge in [-0.3, -0.25) is 24.0 Å². The monoisotopic (exact) mass is 553 g/mol. The topological polar surface area (TPSA) is 271 Å². The Hall–Kier alpha value is -4.24. The molecule has 11 N–H and O–H groups in total. The summed E-state index contributed by atoms with van der Waals surface area (Å²) >= 11 is 0. The van der Waals surface area contributed by atoms with Crippen molar-refractivity contribution in [1.29, 1.82) is 0 Å². The molecule has 1 rings (SSSR count). The van der Waals surface area contributed by atoms with Crippen LogP contribution in [0.4, 0.5) is 0 Å². The lowest BCUT2D eigenvalue weighted by atomic mass is 10.0. The number of phenols is 1. The number of benzene rings is 1. The molecular weight excluding hydrogens is 518 g/mol. The summed E-state index contributed by atoms with van der Waals surface area (Å²) in [5.74, 6) is -6.79. The van der Waals surface area contributed by atoms with E-state index < -0.39 is 72.6 Å². The highest BCUT2D eigenvalue weighted by Crippen LogP contribution is 2.12. The molecular formula is C24H35N5O10. The van der Waals surface area contributed by atoms with Crippen LogP contribution >= 0.6 is 0 Å². The minimum Gasteiger partial charge on any atom is -0.508 e. The number of nitrogens with two attached hydrogens (primary N) is 2. The van der Waals surface area contributed by atoms with E-state index in [0.717, 1.165) is 0 Å². The van der Waals surface area contributed by atoms with Gasteiger partial charge in [0.05, 0.1) is 12.5 Å². The molecule has 4 unspecified atom stereocenters. The van der Waals surface area contributed by atoms with Gasteiger partial charge >= 0.3 is 17.9 Å². The number of amides is 3. The molecule has 15 heteroatoms. The third-order valence-electron chi connectivity index (χ3n) is 5.58. The van der Waals surface area contributed by atoms with Gasteiger partial charge in [0.15, 0.2) is 0 Å². The summed E-state index contributed by atoms with van der Waals surface area (Å²) in [6.45, 7) is 0.294. The Balaban J connectivity index is 3.06. The second kappa shape index (κ2) is 16.6. The third-order valence-corrected chi connectivity index (χ3v) is 5.58. The molecule has 3 amide bonds. The Morgan fingerprint density at radius 2 is 1.28 bits per heavy atom. The number of aromatic hydroxyl groups is 1. The Morgan fingerprint density at radius 3 is 1.79 bits per heavy atom. The summed E-state index contributed by atoms with van der Waals surface area (Å²) in [6, 6.07) is -0.0145. The lowest BCUT2D eigenvalue weighted by molar-refractivity contribution is -0.143. The van der Waals surface area contributed by atoms with Crippen LogP contribution in [0.5, 0.6) is 5.75 Å². The maximum absolute atomic E-state index is 13.0. The highest BCUT2D eigenvalue weighted by Gasteiger charge is 2.31. The zero-order valence-electron chi connectivity index (χ0n) is 21.2. The molecule has 216 valence electrons. The molecule has 0 aliphatic heterocycles. The van der Waals surface area contributed by atoms with E-state index in [9.17, 15) is 39.0 Å². The normalized spacial score (nSPS) is 13.8. The van der Waals surface area contributed by atoms with Crippen LogP contribution in [0, 0.1) is 0 Å². The van der Waals surface area contributed by atoms with Crippen molar-refractivity contribution in [2.24, 2.45) is 11.5 Å². The summed E-state index contributed by atoms with van der Waals surface area (Å²) in [4.78, 5) is 72.1. The first kappa shape index (κ1) is 32.8. The highest BCUT2D eigenvalue weighted by atomic mass is 16.4. The summed E-state index contributed by atoms with van der Waals surface area (Å²) in [5, 5.41) is 43.9. The first-order valence-electron chi connectivity index (χ1n) is 12.1. The number of carboxylic acid groups (broad SMARTS) is 3. The molecule has 0 fully saturated rings. The lowest BCUT2D eigenvalue weighted by Gasteiger charge is -2.25. The van der Waals surface area contributed by atoms with Crippen molar-refractivity contribution in [3.8, 4) is 5.75 Å². The van der Waals surface area contributed by atoms with Crippen molar-refractivity contribution >= 4 is 35.6 Å². The van der Waals surface area contributed by atoms with Gasteiger partial charge in [-0.05, 0) is 49.9 Å². The van der Waals surface area contributed by atoms with Gasteiger partial charge in [0.2, 0.25) is 17.7 Å². The smallest absolute Gasteiger partial charge is 0.326 e. The zero-order chi connectivity index (χ0) is 29.5. The number of nitrogens with one attached hydrogen (secondary N) is 3. The molecule has 1 aromatic rings. The van der Waals surface area contributed by atoms with Crippen LogP contribution in [-0.2, 0) is 35.2 Å². The van der Waals surface area contributed by atoms with Gasteiger partial charge in [-0.1, -0.05) is 12.1 Å². The molecule has 39 heavy (non-hydrogen) atoms. The fourth-order valence-electron chi connectivity index (χ4n) is 3.47. The maximum atomic E-state index is 13.0. The Kier molecular flexibility index (Phi) is 13.9. The van der Waals surface area contributed by atoms with E-state index in [0.29, 0.717) is 24.9 Å². The second-order valence-corrected chi connectivity index (χ2v) is 8.81. The number of unbranched alkanes of at least 4 members (excludes halogenated alkanes) is 1. The van der Waals surface area contributed by atoms with Gasteiger partial charge in [-0.2, -0.15) is 0 Å². The standard InChI is InChI=1S/C24H35N5O10/c25-10-2-1-3-16(27-21(35)15(26)12-20(33)34)22(36)28-17(8-9-19(31)32)23(37)29-18(24(38)39)11-13-4-6-14(30)7-5-13/h4-7,15-18,30H,1-3,8-12,25-26H2,(H,27,35)(H,28,36)(H,29,37)(H,31,32)(H,33,34)(H,38,39). The average molecular weight is 554 g/mol. The van der Waals surface area contributed by atoms with Crippen molar-refractivity contribution in [3.63, 3.8) is 0 Å². The van der Waals surface area contributed by atoms with E-state index >= 15 is 0 Å². The Morgan fingerprint density at radius 1 is 0.744 bits per heavy atom. The number of rotatable bonds is 18. The van der Waals surface area contributed by atoms with Crippen LogP contribution in [-0.4, -0.2) is 86.8 Å². The van der Waals surface area contributed by atoms with Crippen molar-refractivity contribution in [3.05, 3.63) is 29.8 Å². The number of carboxylic acids is 3. The Bertz CT molecular complexity index is 1020. The molecule has 0 aliphatic carbocycles. The minimum atomic E-state index is -1.48. The van der Waals surface area contributed by atoms with Gasteiger partial charge in [-0.15, -0.1) is 0 Å². The van der Waals surface area contributed by atoms with E-state index in [4.69, 9.17) is 21.7 Å². The zero-order valence-corrected chi connectivity index (χ0v) is 21.2. The van der Waals surface area contributed by atoms with Crippen LogP contribution in [0.3, 0.4) is 0 Å². The molecule has 1 aromatic carbocycles.